The third kappa shape index (κ3) is 3.84. The van der Waals surface area contributed by atoms with Crippen LogP contribution in [0.1, 0.15) is 12.0 Å². The molecule has 3 aromatic rings. The minimum atomic E-state index is -0.578. The lowest BCUT2D eigenvalue weighted by molar-refractivity contribution is -0.122. The zero-order chi connectivity index (χ0) is 21.2. The van der Waals surface area contributed by atoms with E-state index in [1.807, 2.05) is 84.9 Å². The van der Waals surface area contributed by atoms with E-state index >= 15 is 0 Å². The van der Waals surface area contributed by atoms with Crippen LogP contribution in [0.4, 0.5) is 16.2 Å². The predicted octanol–water partition coefficient (Wildman–Crippen LogP) is 4.29. The molecule has 2 heterocycles. The molecule has 2 bridgehead atoms. The second-order valence-corrected chi connectivity index (χ2v) is 7.82. The number of likely N-dealkylation sites (tertiary alicyclic amines) is 1. The van der Waals surface area contributed by atoms with Crippen molar-refractivity contribution in [2.75, 3.05) is 16.8 Å². The van der Waals surface area contributed by atoms with Crippen molar-refractivity contribution in [3.8, 4) is 5.75 Å². The zero-order valence-corrected chi connectivity index (χ0v) is 17.0. The average Bonchev–Trinajstić information content (AvgIpc) is 3.23. The van der Waals surface area contributed by atoms with Gasteiger partial charge in [-0.3, -0.25) is 4.79 Å². The molecule has 31 heavy (non-hydrogen) atoms. The Labute approximate surface area is 181 Å². The maximum atomic E-state index is 13.7. The molecule has 0 aromatic heterocycles. The van der Waals surface area contributed by atoms with Gasteiger partial charge in [-0.2, -0.15) is 0 Å². The first-order valence-electron chi connectivity index (χ1n) is 10.4. The molecule has 3 amide bonds. The molecule has 2 aliphatic rings. The van der Waals surface area contributed by atoms with Crippen molar-refractivity contribution < 1.29 is 14.3 Å². The first-order valence-corrected chi connectivity index (χ1v) is 10.4. The van der Waals surface area contributed by atoms with Gasteiger partial charge in [-0.15, -0.1) is 0 Å². The van der Waals surface area contributed by atoms with Crippen LogP contribution in [0, 0.1) is 0 Å². The minimum absolute atomic E-state index is 0.0923. The van der Waals surface area contributed by atoms with Crippen LogP contribution in [-0.4, -0.2) is 35.5 Å². The molecule has 2 unspecified atom stereocenters. The number of fused-ring (bicyclic) bond motifs is 3. The molecule has 6 nitrogen and oxygen atoms in total. The summed E-state index contributed by atoms with van der Waals surface area (Å²) in [5, 5.41) is 2.90. The molecule has 0 radical (unpaired) electrons. The average molecular weight is 413 g/mol. The molecule has 3 aromatic carbocycles. The van der Waals surface area contributed by atoms with Gasteiger partial charge in [0.25, 0.3) is 0 Å². The van der Waals surface area contributed by atoms with Gasteiger partial charge in [0.1, 0.15) is 17.9 Å². The smallest absolute Gasteiger partial charge is 0.322 e. The van der Waals surface area contributed by atoms with Crippen LogP contribution in [0.3, 0.4) is 0 Å². The number of carbonyl (C=O) groups is 2. The second kappa shape index (κ2) is 8.14. The Hall–Kier alpha value is -3.80. The predicted molar refractivity (Wildman–Crippen MR) is 119 cm³/mol. The summed E-state index contributed by atoms with van der Waals surface area (Å²) in [5.41, 5.74) is 2.44. The Kier molecular flexibility index (Phi) is 5.04. The minimum Gasteiger partial charge on any atom is -0.486 e. The first-order chi connectivity index (χ1) is 15.2. The fourth-order valence-electron chi connectivity index (χ4n) is 4.25. The number of anilines is 2. The van der Waals surface area contributed by atoms with Gasteiger partial charge in [0.15, 0.2) is 0 Å². The number of benzene rings is 3. The molecule has 1 fully saturated rings. The highest BCUT2D eigenvalue weighted by Crippen LogP contribution is 2.37. The summed E-state index contributed by atoms with van der Waals surface area (Å²) in [4.78, 5) is 30.1. The van der Waals surface area contributed by atoms with Crippen LogP contribution in [0.25, 0.3) is 0 Å². The second-order valence-electron chi connectivity index (χ2n) is 7.82. The van der Waals surface area contributed by atoms with E-state index in [2.05, 4.69) is 5.32 Å². The van der Waals surface area contributed by atoms with Gasteiger partial charge in [0, 0.05) is 12.1 Å². The molecule has 156 valence electrons. The molecule has 2 atom stereocenters. The van der Waals surface area contributed by atoms with Gasteiger partial charge in [0.05, 0.1) is 18.8 Å². The van der Waals surface area contributed by atoms with E-state index in [4.69, 9.17) is 4.74 Å². The van der Waals surface area contributed by atoms with Gasteiger partial charge in [-0.25, -0.2) is 4.79 Å². The third-order valence-electron chi connectivity index (χ3n) is 5.73. The van der Waals surface area contributed by atoms with E-state index < -0.39 is 6.04 Å². The number of ether oxygens (including phenoxy) is 1. The number of carbonyl (C=O) groups excluding carboxylic acids is 2. The van der Waals surface area contributed by atoms with E-state index in [0.29, 0.717) is 30.9 Å². The Bertz CT molecular complexity index is 1090. The summed E-state index contributed by atoms with van der Waals surface area (Å²) in [6.07, 6.45) is 0.246. The lowest BCUT2D eigenvalue weighted by Crippen LogP contribution is -2.49. The Morgan fingerprint density at radius 3 is 2.39 bits per heavy atom. The fraction of sp³-hybridized carbons (Fsp3) is 0.200. The van der Waals surface area contributed by atoms with Gasteiger partial charge < -0.3 is 19.9 Å². The standard InChI is InChI=1S/C25H23N3O3/c29-24-22-15-20(17-28(22)25(30)26-19-11-5-2-6-12-19)31-23-14-8-7-13-21(23)27(24)16-18-9-3-1-4-10-18/h1-14,20,22H,15-17H2,(H,26,30). The fourth-order valence-corrected chi connectivity index (χ4v) is 4.25. The SMILES string of the molecule is O=C1C2CC(CN2C(=O)Nc2ccccc2)Oc2ccccc2N1Cc1ccccc1. The van der Waals surface area contributed by atoms with Crippen LogP contribution in [0.2, 0.25) is 0 Å². The number of rotatable bonds is 3. The van der Waals surface area contributed by atoms with Crippen molar-refractivity contribution in [3.05, 3.63) is 90.5 Å². The molecule has 0 spiro atoms. The van der Waals surface area contributed by atoms with Crippen molar-refractivity contribution in [2.45, 2.75) is 25.1 Å². The number of nitrogens with one attached hydrogen (secondary N) is 1. The molecule has 5 rings (SSSR count). The molecule has 6 heteroatoms. The summed E-state index contributed by atoms with van der Waals surface area (Å²) in [7, 11) is 0. The van der Waals surface area contributed by atoms with Gasteiger partial charge in [0.2, 0.25) is 5.91 Å². The van der Waals surface area contributed by atoms with Gasteiger partial charge in [-0.1, -0.05) is 60.7 Å². The molecule has 1 saturated heterocycles. The van der Waals surface area contributed by atoms with Crippen LogP contribution in [0.5, 0.6) is 5.75 Å². The van der Waals surface area contributed by atoms with Gasteiger partial charge >= 0.3 is 6.03 Å². The number of hydrogen-bond acceptors (Lipinski definition) is 3. The normalized spacial score (nSPS) is 19.8. The highest BCUT2D eigenvalue weighted by atomic mass is 16.5. The van der Waals surface area contributed by atoms with Gasteiger partial charge in [-0.05, 0) is 29.8 Å². The van der Waals surface area contributed by atoms with Crippen molar-refractivity contribution in [3.63, 3.8) is 0 Å². The van der Waals surface area contributed by atoms with Crippen LogP contribution in [-0.2, 0) is 11.3 Å². The number of amides is 3. The zero-order valence-electron chi connectivity index (χ0n) is 17.0. The van der Waals surface area contributed by atoms with Crippen molar-refractivity contribution >= 4 is 23.3 Å². The molecule has 0 saturated carbocycles. The molecule has 1 N–H and O–H groups in total. The molecular weight excluding hydrogens is 390 g/mol. The van der Waals surface area contributed by atoms with E-state index in [9.17, 15) is 9.59 Å². The summed E-state index contributed by atoms with van der Waals surface area (Å²) in [6, 6.07) is 25.8. The largest absolute Gasteiger partial charge is 0.486 e. The van der Waals surface area contributed by atoms with Crippen LogP contribution < -0.4 is 15.0 Å². The maximum Gasteiger partial charge on any atom is 0.322 e. The molecule has 0 aliphatic carbocycles. The first kappa shape index (κ1) is 19.2. The van der Waals surface area contributed by atoms with E-state index in [1.54, 1.807) is 9.80 Å². The number of nitrogens with zero attached hydrogens (tertiary/aromatic N) is 2. The highest BCUT2D eigenvalue weighted by Gasteiger charge is 2.45. The summed E-state index contributed by atoms with van der Waals surface area (Å²) < 4.78 is 6.26. The summed E-state index contributed by atoms with van der Waals surface area (Å²) >= 11 is 0. The lowest BCUT2D eigenvalue weighted by atomic mass is 10.1. The molecular formula is C25H23N3O3. The maximum absolute atomic E-state index is 13.7. The monoisotopic (exact) mass is 413 g/mol. The van der Waals surface area contributed by atoms with E-state index in [0.717, 1.165) is 11.3 Å². The molecule has 2 aliphatic heterocycles. The Balaban J connectivity index is 1.47. The highest BCUT2D eigenvalue weighted by molar-refractivity contribution is 6.02. The topological polar surface area (TPSA) is 61.9 Å². The summed E-state index contributed by atoms with van der Waals surface area (Å²) in [6.45, 7) is 0.776. The number of hydrogen-bond donors (Lipinski definition) is 1. The van der Waals surface area contributed by atoms with Crippen molar-refractivity contribution in [1.82, 2.24) is 4.90 Å². The number of para-hydroxylation sites is 3. The number of urea groups is 1. The van der Waals surface area contributed by atoms with Crippen LogP contribution >= 0.6 is 0 Å². The van der Waals surface area contributed by atoms with E-state index in [-0.39, 0.29) is 18.0 Å². The van der Waals surface area contributed by atoms with Crippen LogP contribution in [0.15, 0.2) is 84.9 Å². The summed E-state index contributed by atoms with van der Waals surface area (Å²) in [5.74, 6) is 0.575. The third-order valence-corrected chi connectivity index (χ3v) is 5.73. The van der Waals surface area contributed by atoms with E-state index in [1.165, 1.54) is 0 Å². The van der Waals surface area contributed by atoms with Crippen molar-refractivity contribution in [2.24, 2.45) is 0 Å². The van der Waals surface area contributed by atoms with Crippen molar-refractivity contribution in [1.29, 1.82) is 0 Å². The Morgan fingerprint density at radius 1 is 0.935 bits per heavy atom. The Morgan fingerprint density at radius 2 is 1.61 bits per heavy atom. The quantitative estimate of drug-likeness (QED) is 0.697. The lowest BCUT2D eigenvalue weighted by Gasteiger charge is -2.31.